The molecule has 0 fully saturated rings. The molecule has 0 spiro atoms. The molecule has 158 valence electrons. The van der Waals surface area contributed by atoms with Gasteiger partial charge in [-0.2, -0.15) is 13.2 Å². The van der Waals surface area contributed by atoms with E-state index in [1.54, 1.807) is 11.8 Å². The van der Waals surface area contributed by atoms with E-state index in [9.17, 15) is 22.8 Å². The van der Waals surface area contributed by atoms with Crippen LogP contribution < -0.4 is 10.6 Å². The zero-order chi connectivity index (χ0) is 21.5. The number of fused-ring (bicyclic) bond motifs is 2. The molecule has 2 aromatic rings. The Balaban J connectivity index is 1.44. The fraction of sp³-hybridized carbons (Fsp3) is 0.300. The first-order chi connectivity index (χ1) is 14.2. The van der Waals surface area contributed by atoms with E-state index in [0.29, 0.717) is 9.92 Å². The maximum absolute atomic E-state index is 12.9. The first-order valence-electron chi connectivity index (χ1n) is 9.11. The summed E-state index contributed by atoms with van der Waals surface area (Å²) in [5, 5.41) is 5.34. The first kappa shape index (κ1) is 21.4. The van der Waals surface area contributed by atoms with Crippen molar-refractivity contribution in [3.8, 4) is 0 Å². The molecule has 0 bridgehead atoms. The standard InChI is InChI=1S/C20H16ClF3N2O2S2/c21-11-2-4-15-12(8-11)13(5-6-29-15)25-18(27)9-17-19(28)26-14-7-10(20(22,23)24)1-3-16(14)30-17/h1-4,7-8,13,17H,5-6,9H2,(H,25,27)(H,26,28). The highest BCUT2D eigenvalue weighted by Gasteiger charge is 2.34. The van der Waals surface area contributed by atoms with E-state index in [0.717, 1.165) is 46.5 Å². The number of benzene rings is 2. The summed E-state index contributed by atoms with van der Waals surface area (Å²) in [5.41, 5.74) is 0.244. The topological polar surface area (TPSA) is 58.2 Å². The number of alkyl halides is 3. The first-order valence-corrected chi connectivity index (χ1v) is 11.4. The summed E-state index contributed by atoms with van der Waals surface area (Å²) in [6, 6.07) is 8.59. The van der Waals surface area contributed by atoms with E-state index >= 15 is 0 Å². The third kappa shape index (κ3) is 4.58. The summed E-state index contributed by atoms with van der Waals surface area (Å²) >= 11 is 8.89. The number of rotatable bonds is 3. The second kappa shape index (κ2) is 8.36. The van der Waals surface area contributed by atoms with Crippen molar-refractivity contribution in [3.05, 3.63) is 52.5 Å². The van der Waals surface area contributed by atoms with Crippen LogP contribution in [0, 0.1) is 0 Å². The van der Waals surface area contributed by atoms with Crippen molar-refractivity contribution in [3.63, 3.8) is 0 Å². The molecule has 2 aliphatic rings. The van der Waals surface area contributed by atoms with Crippen LogP contribution in [-0.4, -0.2) is 22.8 Å². The SMILES string of the molecule is O=C(CC1Sc2ccc(C(F)(F)F)cc2NC1=O)NC1CCSc2ccc(Cl)cc21. The van der Waals surface area contributed by atoms with Crippen LogP contribution in [0.4, 0.5) is 18.9 Å². The average Bonchev–Trinajstić information content (AvgIpc) is 2.68. The van der Waals surface area contributed by atoms with E-state index in [-0.39, 0.29) is 24.1 Å². The number of carbonyl (C=O) groups is 2. The van der Waals surface area contributed by atoms with Crippen LogP contribution in [0.1, 0.15) is 30.0 Å². The minimum Gasteiger partial charge on any atom is -0.349 e. The van der Waals surface area contributed by atoms with Gasteiger partial charge < -0.3 is 10.6 Å². The fourth-order valence-electron chi connectivity index (χ4n) is 3.40. The molecule has 0 aromatic heterocycles. The highest BCUT2D eigenvalue weighted by molar-refractivity contribution is 8.01. The van der Waals surface area contributed by atoms with Gasteiger partial charge >= 0.3 is 6.18 Å². The van der Waals surface area contributed by atoms with Crippen molar-refractivity contribution in [2.24, 2.45) is 0 Å². The van der Waals surface area contributed by atoms with Gasteiger partial charge in [-0.15, -0.1) is 23.5 Å². The Labute approximate surface area is 184 Å². The maximum atomic E-state index is 12.9. The Morgan fingerprint density at radius 1 is 1.20 bits per heavy atom. The van der Waals surface area contributed by atoms with Crippen molar-refractivity contribution < 1.29 is 22.8 Å². The van der Waals surface area contributed by atoms with Gasteiger partial charge in [0.25, 0.3) is 0 Å². The van der Waals surface area contributed by atoms with Crippen molar-refractivity contribution in [1.82, 2.24) is 5.32 Å². The van der Waals surface area contributed by atoms with Gasteiger partial charge in [0.2, 0.25) is 11.8 Å². The summed E-state index contributed by atoms with van der Waals surface area (Å²) in [7, 11) is 0. The zero-order valence-corrected chi connectivity index (χ0v) is 17.8. The lowest BCUT2D eigenvalue weighted by Crippen LogP contribution is -2.37. The van der Waals surface area contributed by atoms with Crippen LogP contribution in [0.15, 0.2) is 46.2 Å². The Kier molecular flexibility index (Phi) is 5.96. The number of hydrogen-bond acceptors (Lipinski definition) is 4. The molecule has 2 N–H and O–H groups in total. The number of hydrogen-bond donors (Lipinski definition) is 2. The van der Waals surface area contributed by atoms with Crippen molar-refractivity contribution in [2.75, 3.05) is 11.1 Å². The molecule has 4 rings (SSSR count). The lowest BCUT2D eigenvalue weighted by Gasteiger charge is -2.28. The van der Waals surface area contributed by atoms with Gasteiger partial charge in [-0.3, -0.25) is 9.59 Å². The Bertz CT molecular complexity index is 1020. The molecule has 2 aliphatic heterocycles. The average molecular weight is 473 g/mol. The maximum Gasteiger partial charge on any atom is 0.416 e. The summed E-state index contributed by atoms with van der Waals surface area (Å²) < 4.78 is 38.6. The van der Waals surface area contributed by atoms with Gasteiger partial charge in [-0.25, -0.2) is 0 Å². The van der Waals surface area contributed by atoms with Crippen molar-refractivity contribution in [2.45, 2.75) is 40.1 Å². The smallest absolute Gasteiger partial charge is 0.349 e. The molecule has 2 unspecified atom stereocenters. The summed E-state index contributed by atoms with van der Waals surface area (Å²) in [5.74, 6) is 0.0816. The summed E-state index contributed by atoms with van der Waals surface area (Å²) in [6.45, 7) is 0. The van der Waals surface area contributed by atoms with E-state index in [1.807, 2.05) is 18.2 Å². The molecule has 2 heterocycles. The van der Waals surface area contributed by atoms with E-state index < -0.39 is 22.9 Å². The number of nitrogens with one attached hydrogen (secondary N) is 2. The molecule has 2 amide bonds. The molecule has 0 saturated carbocycles. The minimum absolute atomic E-state index is 0.0729. The third-order valence-electron chi connectivity index (χ3n) is 4.84. The highest BCUT2D eigenvalue weighted by atomic mass is 35.5. The predicted octanol–water partition coefficient (Wildman–Crippen LogP) is 5.52. The number of halogens is 4. The van der Waals surface area contributed by atoms with Gasteiger partial charge in [0, 0.05) is 27.0 Å². The van der Waals surface area contributed by atoms with Crippen LogP contribution >= 0.6 is 35.1 Å². The fourth-order valence-corrected chi connectivity index (χ4v) is 5.77. The number of anilines is 1. The number of thioether (sulfide) groups is 2. The molecule has 4 nitrogen and oxygen atoms in total. The second-order valence-electron chi connectivity index (χ2n) is 6.95. The van der Waals surface area contributed by atoms with Crippen LogP contribution in [0.25, 0.3) is 0 Å². The van der Waals surface area contributed by atoms with Crippen LogP contribution in [0.5, 0.6) is 0 Å². The Morgan fingerprint density at radius 3 is 2.73 bits per heavy atom. The summed E-state index contributed by atoms with van der Waals surface area (Å²) in [6.07, 6.45) is -3.81. The molecule has 30 heavy (non-hydrogen) atoms. The quantitative estimate of drug-likeness (QED) is 0.618. The highest BCUT2D eigenvalue weighted by Crippen LogP contribution is 2.41. The van der Waals surface area contributed by atoms with Gasteiger partial charge in [0.1, 0.15) is 0 Å². The zero-order valence-electron chi connectivity index (χ0n) is 15.4. The largest absolute Gasteiger partial charge is 0.416 e. The monoisotopic (exact) mass is 472 g/mol. The van der Waals surface area contributed by atoms with E-state index in [2.05, 4.69) is 10.6 Å². The van der Waals surface area contributed by atoms with Gasteiger partial charge in [0.15, 0.2) is 0 Å². The van der Waals surface area contributed by atoms with E-state index in [4.69, 9.17) is 11.6 Å². The van der Waals surface area contributed by atoms with Gasteiger partial charge in [-0.05, 0) is 48.4 Å². The third-order valence-corrected chi connectivity index (χ3v) is 7.48. The molecule has 2 atom stereocenters. The van der Waals surface area contributed by atoms with Gasteiger partial charge in [0.05, 0.1) is 22.5 Å². The Morgan fingerprint density at radius 2 is 1.97 bits per heavy atom. The van der Waals surface area contributed by atoms with Crippen LogP contribution in [0.3, 0.4) is 0 Å². The van der Waals surface area contributed by atoms with Gasteiger partial charge in [-0.1, -0.05) is 11.6 Å². The van der Waals surface area contributed by atoms with Crippen LogP contribution in [-0.2, 0) is 15.8 Å². The number of carbonyl (C=O) groups excluding carboxylic acids is 2. The predicted molar refractivity (Wildman–Crippen MR) is 112 cm³/mol. The molecular formula is C20H16ClF3N2O2S2. The molecule has 2 aromatic carbocycles. The second-order valence-corrected chi connectivity index (χ2v) is 9.77. The number of amides is 2. The lowest BCUT2D eigenvalue weighted by molar-refractivity contribution is -0.137. The van der Waals surface area contributed by atoms with Crippen molar-refractivity contribution in [1.29, 1.82) is 0 Å². The molecule has 0 saturated heterocycles. The normalized spacial score (nSPS) is 20.7. The van der Waals surface area contributed by atoms with Crippen LogP contribution in [0.2, 0.25) is 5.02 Å². The molecule has 10 heteroatoms. The molecule has 0 aliphatic carbocycles. The molecule has 0 radical (unpaired) electrons. The lowest BCUT2D eigenvalue weighted by atomic mass is 10.0. The van der Waals surface area contributed by atoms with Crippen molar-refractivity contribution >= 4 is 52.6 Å². The summed E-state index contributed by atoms with van der Waals surface area (Å²) in [4.78, 5) is 26.6. The molecular weight excluding hydrogens is 457 g/mol. The van der Waals surface area contributed by atoms with E-state index in [1.165, 1.54) is 6.07 Å². The Hall–Kier alpha value is -1.84. The minimum atomic E-state index is -4.49.